The number of aryl methyl sites for hydroxylation is 1. The zero-order valence-electron chi connectivity index (χ0n) is 15.3. The molecular formula is C21H22ClN3O2. The maximum atomic E-state index is 12.9. The lowest BCUT2D eigenvalue weighted by Gasteiger charge is -2.23. The third-order valence-corrected chi connectivity index (χ3v) is 4.88. The molecule has 5 nitrogen and oxygen atoms in total. The standard InChI is InChI=1S/C21H22ClN3O2/c1-24(13-15-12-23-25(2)14-15)21(27)11-19(16-6-5-7-17(26)10-16)18-8-3-4-9-20(18)22/h3-10,12,14,19,26H,11,13H2,1-2H3/t19-/m1/s1. The number of benzene rings is 2. The molecule has 2 aromatic carbocycles. The van der Waals surface area contributed by atoms with Gasteiger partial charge in [0.25, 0.3) is 0 Å². The van der Waals surface area contributed by atoms with Crippen LogP contribution in [0.5, 0.6) is 5.75 Å². The second-order valence-electron chi connectivity index (χ2n) is 6.65. The topological polar surface area (TPSA) is 58.4 Å². The molecule has 0 unspecified atom stereocenters. The van der Waals surface area contributed by atoms with Gasteiger partial charge < -0.3 is 10.0 Å². The van der Waals surface area contributed by atoms with Crippen LogP contribution >= 0.6 is 11.6 Å². The van der Waals surface area contributed by atoms with Crippen LogP contribution in [-0.2, 0) is 18.4 Å². The minimum absolute atomic E-state index is 0.00730. The molecule has 6 heteroatoms. The number of aromatic hydroxyl groups is 1. The number of phenols is 1. The molecule has 0 radical (unpaired) electrons. The van der Waals surface area contributed by atoms with Gasteiger partial charge in [-0.05, 0) is 29.3 Å². The Hall–Kier alpha value is -2.79. The fourth-order valence-electron chi connectivity index (χ4n) is 3.15. The molecule has 3 aromatic rings. The number of halogens is 1. The van der Waals surface area contributed by atoms with Crippen LogP contribution < -0.4 is 0 Å². The molecule has 0 bridgehead atoms. The predicted molar refractivity (Wildman–Crippen MR) is 106 cm³/mol. The summed E-state index contributed by atoms with van der Waals surface area (Å²) < 4.78 is 1.72. The molecule has 0 aliphatic heterocycles. The van der Waals surface area contributed by atoms with E-state index in [1.54, 1.807) is 41.0 Å². The van der Waals surface area contributed by atoms with Gasteiger partial charge in [0, 0.05) is 49.8 Å². The van der Waals surface area contributed by atoms with E-state index in [4.69, 9.17) is 11.6 Å². The molecule has 0 saturated carbocycles. The van der Waals surface area contributed by atoms with Crippen LogP contribution in [0.2, 0.25) is 5.02 Å². The SMILES string of the molecule is CN(Cc1cnn(C)c1)C(=O)C[C@H](c1cccc(O)c1)c1ccccc1Cl. The Kier molecular flexibility index (Phi) is 5.81. The Balaban J connectivity index is 1.85. The Morgan fingerprint density at radius 3 is 2.70 bits per heavy atom. The number of rotatable bonds is 6. The number of nitrogens with zero attached hydrogens (tertiary/aromatic N) is 3. The summed E-state index contributed by atoms with van der Waals surface area (Å²) in [6, 6.07) is 14.5. The van der Waals surface area contributed by atoms with Crippen LogP contribution in [-0.4, -0.2) is 32.7 Å². The van der Waals surface area contributed by atoms with Crippen molar-refractivity contribution in [3.63, 3.8) is 0 Å². The molecule has 0 aliphatic rings. The van der Waals surface area contributed by atoms with E-state index in [1.165, 1.54) is 0 Å². The zero-order chi connectivity index (χ0) is 19.4. The van der Waals surface area contributed by atoms with Gasteiger partial charge in [-0.15, -0.1) is 0 Å². The minimum atomic E-state index is -0.241. The molecule has 1 heterocycles. The first-order chi connectivity index (χ1) is 12.9. The number of hydrogen-bond donors (Lipinski definition) is 1. The molecule has 0 saturated heterocycles. The molecule has 0 fully saturated rings. The summed E-state index contributed by atoms with van der Waals surface area (Å²) in [5.74, 6) is -0.0810. The first-order valence-corrected chi connectivity index (χ1v) is 9.06. The second kappa shape index (κ2) is 8.27. The van der Waals surface area contributed by atoms with Gasteiger partial charge in [-0.2, -0.15) is 5.10 Å². The third-order valence-electron chi connectivity index (χ3n) is 4.54. The van der Waals surface area contributed by atoms with Gasteiger partial charge >= 0.3 is 0 Å². The van der Waals surface area contributed by atoms with E-state index in [-0.39, 0.29) is 24.0 Å². The van der Waals surface area contributed by atoms with Crippen molar-refractivity contribution >= 4 is 17.5 Å². The Labute approximate surface area is 163 Å². The first kappa shape index (κ1) is 19.0. The van der Waals surface area contributed by atoms with Gasteiger partial charge in [-0.25, -0.2) is 0 Å². The summed E-state index contributed by atoms with van der Waals surface area (Å²) in [7, 11) is 3.63. The van der Waals surface area contributed by atoms with Gasteiger partial charge in [-0.3, -0.25) is 9.48 Å². The average molecular weight is 384 g/mol. The highest BCUT2D eigenvalue weighted by Crippen LogP contribution is 2.34. The molecule has 0 aliphatic carbocycles. The van der Waals surface area contributed by atoms with Crippen LogP contribution in [0.15, 0.2) is 60.9 Å². The highest BCUT2D eigenvalue weighted by atomic mass is 35.5. The van der Waals surface area contributed by atoms with Crippen LogP contribution in [0.3, 0.4) is 0 Å². The van der Waals surface area contributed by atoms with Crippen LogP contribution in [0.25, 0.3) is 0 Å². The van der Waals surface area contributed by atoms with Crippen molar-refractivity contribution in [2.24, 2.45) is 7.05 Å². The number of carbonyl (C=O) groups is 1. The second-order valence-corrected chi connectivity index (χ2v) is 7.05. The molecular weight excluding hydrogens is 362 g/mol. The third kappa shape index (κ3) is 4.68. The van der Waals surface area contributed by atoms with E-state index >= 15 is 0 Å². The summed E-state index contributed by atoms with van der Waals surface area (Å²) in [6.45, 7) is 0.488. The van der Waals surface area contributed by atoms with Crippen molar-refractivity contribution in [1.82, 2.24) is 14.7 Å². The predicted octanol–water partition coefficient (Wildman–Crippen LogP) is 3.96. The Morgan fingerprint density at radius 1 is 1.26 bits per heavy atom. The van der Waals surface area contributed by atoms with Gasteiger partial charge in [0.1, 0.15) is 5.75 Å². The van der Waals surface area contributed by atoms with E-state index < -0.39 is 0 Å². The van der Waals surface area contributed by atoms with Crippen molar-refractivity contribution in [2.75, 3.05) is 7.05 Å². The van der Waals surface area contributed by atoms with E-state index in [0.717, 1.165) is 16.7 Å². The molecule has 1 aromatic heterocycles. The van der Waals surface area contributed by atoms with E-state index in [1.807, 2.05) is 43.6 Å². The monoisotopic (exact) mass is 383 g/mol. The van der Waals surface area contributed by atoms with Gasteiger partial charge in [-0.1, -0.05) is 41.9 Å². The van der Waals surface area contributed by atoms with Crippen molar-refractivity contribution in [1.29, 1.82) is 0 Å². The first-order valence-electron chi connectivity index (χ1n) is 8.69. The lowest BCUT2D eigenvalue weighted by molar-refractivity contribution is -0.130. The zero-order valence-corrected chi connectivity index (χ0v) is 16.1. The number of hydrogen-bond acceptors (Lipinski definition) is 3. The number of carbonyl (C=O) groups excluding carboxylic acids is 1. The highest BCUT2D eigenvalue weighted by Gasteiger charge is 2.23. The molecule has 1 N–H and O–H groups in total. The van der Waals surface area contributed by atoms with Crippen molar-refractivity contribution < 1.29 is 9.90 Å². The van der Waals surface area contributed by atoms with Crippen molar-refractivity contribution in [3.8, 4) is 5.75 Å². The van der Waals surface area contributed by atoms with Gasteiger partial charge in [0.2, 0.25) is 5.91 Å². The molecule has 0 spiro atoms. The van der Waals surface area contributed by atoms with Crippen molar-refractivity contribution in [2.45, 2.75) is 18.9 Å². The average Bonchev–Trinajstić information content (AvgIpc) is 3.05. The Bertz CT molecular complexity index is 938. The van der Waals surface area contributed by atoms with Gasteiger partial charge in [0.15, 0.2) is 0 Å². The van der Waals surface area contributed by atoms with Gasteiger partial charge in [0.05, 0.1) is 6.20 Å². The number of aromatic nitrogens is 2. The van der Waals surface area contributed by atoms with Crippen LogP contribution in [0.4, 0.5) is 0 Å². The number of phenolic OH excluding ortho intramolecular Hbond substituents is 1. The Morgan fingerprint density at radius 2 is 2.04 bits per heavy atom. The molecule has 1 amide bonds. The smallest absolute Gasteiger partial charge is 0.223 e. The summed E-state index contributed by atoms with van der Waals surface area (Å²) in [5.41, 5.74) is 2.69. The highest BCUT2D eigenvalue weighted by molar-refractivity contribution is 6.31. The maximum Gasteiger partial charge on any atom is 0.223 e. The molecule has 140 valence electrons. The van der Waals surface area contributed by atoms with Crippen LogP contribution in [0.1, 0.15) is 29.0 Å². The lowest BCUT2D eigenvalue weighted by atomic mass is 9.88. The fourth-order valence-corrected chi connectivity index (χ4v) is 3.42. The fraction of sp³-hybridized carbons (Fsp3) is 0.238. The normalized spacial score (nSPS) is 12.0. The maximum absolute atomic E-state index is 12.9. The molecule has 3 rings (SSSR count). The molecule has 1 atom stereocenters. The van der Waals surface area contributed by atoms with E-state index in [9.17, 15) is 9.90 Å². The molecule has 27 heavy (non-hydrogen) atoms. The van der Waals surface area contributed by atoms with E-state index in [0.29, 0.717) is 11.6 Å². The van der Waals surface area contributed by atoms with E-state index in [2.05, 4.69) is 5.10 Å². The lowest BCUT2D eigenvalue weighted by Crippen LogP contribution is -2.27. The summed E-state index contributed by atoms with van der Waals surface area (Å²) >= 11 is 6.41. The largest absolute Gasteiger partial charge is 0.508 e. The van der Waals surface area contributed by atoms with Crippen LogP contribution in [0, 0.1) is 0 Å². The quantitative estimate of drug-likeness (QED) is 0.700. The van der Waals surface area contributed by atoms with Crippen molar-refractivity contribution in [3.05, 3.63) is 82.6 Å². The summed E-state index contributed by atoms with van der Waals surface area (Å²) in [5, 5.41) is 14.6. The minimum Gasteiger partial charge on any atom is -0.508 e. The summed E-state index contributed by atoms with van der Waals surface area (Å²) in [4.78, 5) is 14.6. The summed E-state index contributed by atoms with van der Waals surface area (Å²) in [6.07, 6.45) is 3.90. The number of amides is 1.